The molecule has 4 rings (SSSR count). The van der Waals surface area contributed by atoms with Gasteiger partial charge >= 0.3 is 5.97 Å². The normalized spacial score (nSPS) is 48.3. The highest BCUT2D eigenvalue weighted by Gasteiger charge is 2.64. The van der Waals surface area contributed by atoms with Crippen molar-refractivity contribution in [2.75, 3.05) is 0 Å². The predicted molar refractivity (Wildman–Crippen MR) is 110 cm³/mol. The van der Waals surface area contributed by atoms with Crippen LogP contribution < -0.4 is 0 Å². The maximum Gasteiger partial charge on any atom is 0.306 e. The second-order valence-corrected chi connectivity index (χ2v) is 10.3. The Labute approximate surface area is 165 Å². The van der Waals surface area contributed by atoms with Crippen LogP contribution in [-0.2, 0) is 9.53 Å². The van der Waals surface area contributed by atoms with Crippen LogP contribution in [0.1, 0.15) is 86.0 Å². The average Bonchev–Trinajstić information content (AvgIpc) is 2.95. The Hall–Kier alpha value is -1.05. The van der Waals surface area contributed by atoms with E-state index in [1.165, 1.54) is 32.1 Å². The van der Waals surface area contributed by atoms with E-state index in [-0.39, 0.29) is 22.4 Å². The zero-order valence-corrected chi connectivity index (χ0v) is 18.0. The molecule has 0 aromatic rings. The third-order valence-corrected chi connectivity index (χ3v) is 9.31. The highest BCUT2D eigenvalue weighted by Crippen LogP contribution is 2.68. The summed E-state index contributed by atoms with van der Waals surface area (Å²) in [5, 5.41) is 0. The van der Waals surface area contributed by atoms with Crippen molar-refractivity contribution in [1.29, 1.82) is 0 Å². The summed E-state index contributed by atoms with van der Waals surface area (Å²) >= 11 is 0. The number of hydrogen-bond donors (Lipinski definition) is 0. The lowest BCUT2D eigenvalue weighted by Gasteiger charge is -2.59. The van der Waals surface area contributed by atoms with Crippen LogP contribution in [0.25, 0.3) is 0 Å². The van der Waals surface area contributed by atoms with Crippen molar-refractivity contribution in [3.8, 4) is 0 Å². The Morgan fingerprint density at radius 1 is 1.15 bits per heavy atom. The number of carbonyl (C=O) groups excluding carboxylic acids is 1. The minimum atomic E-state index is -0.232. The van der Waals surface area contributed by atoms with Crippen molar-refractivity contribution < 1.29 is 9.53 Å². The first-order valence-corrected chi connectivity index (χ1v) is 11.4. The number of rotatable bonds is 3. The van der Waals surface area contributed by atoms with Crippen LogP contribution >= 0.6 is 0 Å². The Morgan fingerprint density at radius 3 is 2.59 bits per heavy atom. The van der Waals surface area contributed by atoms with Gasteiger partial charge < -0.3 is 4.74 Å². The van der Waals surface area contributed by atoms with Gasteiger partial charge in [0.05, 0.1) is 0 Å². The Bertz CT molecular complexity index is 676. The molecule has 4 aliphatic rings. The number of fused-ring (bicyclic) bond motifs is 5. The lowest BCUT2D eigenvalue weighted by atomic mass is 9.47. The molecule has 2 heteroatoms. The van der Waals surface area contributed by atoms with Gasteiger partial charge in [-0.15, -0.1) is 0 Å². The minimum Gasteiger partial charge on any atom is -0.458 e. The molecule has 0 heterocycles. The van der Waals surface area contributed by atoms with Gasteiger partial charge in [0.25, 0.3) is 0 Å². The molecule has 0 amide bonds. The Morgan fingerprint density at radius 2 is 1.89 bits per heavy atom. The SMILES string of the molecule is CCC(=O)O[C@]1(CC)CC[C@H]2[C@@H]3CCC4=CC(C)C=C[C@]4(C)[C@H]3CC[C@@]21C. The van der Waals surface area contributed by atoms with E-state index in [0.717, 1.165) is 24.7 Å². The van der Waals surface area contributed by atoms with Crippen molar-refractivity contribution in [3.05, 3.63) is 23.8 Å². The maximum atomic E-state index is 12.3. The summed E-state index contributed by atoms with van der Waals surface area (Å²) in [5.74, 6) is 2.82. The molecule has 0 saturated heterocycles. The fraction of sp³-hybridized carbons (Fsp3) is 0.800. The summed E-state index contributed by atoms with van der Waals surface area (Å²) in [5.41, 5.74) is 1.87. The highest BCUT2D eigenvalue weighted by atomic mass is 16.6. The molecule has 150 valence electrons. The molecule has 0 aromatic carbocycles. The van der Waals surface area contributed by atoms with Crippen molar-refractivity contribution in [2.45, 2.75) is 91.6 Å². The molecule has 3 saturated carbocycles. The number of allylic oxidation sites excluding steroid dienone is 4. The molecule has 7 atom stereocenters. The van der Waals surface area contributed by atoms with Crippen molar-refractivity contribution >= 4 is 5.97 Å². The number of hydrogen-bond acceptors (Lipinski definition) is 2. The highest BCUT2D eigenvalue weighted by molar-refractivity contribution is 5.69. The summed E-state index contributed by atoms with van der Waals surface area (Å²) in [6, 6.07) is 0. The lowest BCUT2D eigenvalue weighted by Crippen LogP contribution is -2.55. The summed E-state index contributed by atoms with van der Waals surface area (Å²) in [6.07, 6.45) is 16.3. The standard InChI is InChI=1S/C25H38O2/c1-6-22(26)27-25(7-2)15-12-21-19-9-8-18-16-17(3)10-13-23(18,4)20(19)11-14-24(21,25)5/h10,13,16-17,19-21H,6-9,11-12,14-15H2,1-5H3/t17?,19-,20+,21+,23+,24+,25-/m1/s1. The molecule has 2 nitrogen and oxygen atoms in total. The molecular weight excluding hydrogens is 332 g/mol. The smallest absolute Gasteiger partial charge is 0.306 e. The zero-order valence-electron chi connectivity index (χ0n) is 18.0. The second kappa shape index (κ2) is 6.49. The molecule has 0 aliphatic heterocycles. The van der Waals surface area contributed by atoms with E-state index in [1.54, 1.807) is 5.57 Å². The van der Waals surface area contributed by atoms with Crippen LogP contribution in [0.3, 0.4) is 0 Å². The van der Waals surface area contributed by atoms with Crippen LogP contribution in [-0.4, -0.2) is 11.6 Å². The van der Waals surface area contributed by atoms with Crippen LogP contribution in [0.15, 0.2) is 23.8 Å². The first-order valence-electron chi connectivity index (χ1n) is 11.4. The third-order valence-electron chi connectivity index (χ3n) is 9.31. The number of carbonyl (C=O) groups is 1. The van der Waals surface area contributed by atoms with Gasteiger partial charge in [-0.05, 0) is 68.6 Å². The molecule has 1 unspecified atom stereocenters. The van der Waals surface area contributed by atoms with Gasteiger partial charge in [0.15, 0.2) is 0 Å². The van der Waals surface area contributed by atoms with E-state index in [9.17, 15) is 4.79 Å². The summed E-state index contributed by atoms with van der Waals surface area (Å²) in [4.78, 5) is 12.3. The molecule has 3 fully saturated rings. The van der Waals surface area contributed by atoms with Gasteiger partial charge in [-0.1, -0.05) is 58.4 Å². The summed E-state index contributed by atoms with van der Waals surface area (Å²) in [7, 11) is 0. The molecule has 27 heavy (non-hydrogen) atoms. The first-order chi connectivity index (χ1) is 12.8. The molecule has 0 spiro atoms. The van der Waals surface area contributed by atoms with Crippen LogP contribution in [0.2, 0.25) is 0 Å². The van der Waals surface area contributed by atoms with Crippen molar-refractivity contribution in [3.63, 3.8) is 0 Å². The molecule has 0 radical (unpaired) electrons. The van der Waals surface area contributed by atoms with Gasteiger partial charge in [-0.2, -0.15) is 0 Å². The van der Waals surface area contributed by atoms with Crippen molar-refractivity contribution in [2.24, 2.45) is 34.5 Å². The first kappa shape index (κ1) is 19.3. The van der Waals surface area contributed by atoms with Crippen molar-refractivity contribution in [1.82, 2.24) is 0 Å². The molecule has 0 N–H and O–H groups in total. The monoisotopic (exact) mass is 370 g/mol. The van der Waals surface area contributed by atoms with E-state index in [4.69, 9.17) is 4.74 Å². The third kappa shape index (κ3) is 2.61. The van der Waals surface area contributed by atoms with Gasteiger partial charge in [0, 0.05) is 17.3 Å². The average molecular weight is 371 g/mol. The molecule has 0 bridgehead atoms. The largest absolute Gasteiger partial charge is 0.458 e. The van der Waals surface area contributed by atoms with E-state index in [1.807, 2.05) is 6.92 Å². The molecule has 4 aliphatic carbocycles. The second-order valence-electron chi connectivity index (χ2n) is 10.3. The number of ether oxygens (including phenoxy) is 1. The fourth-order valence-corrected chi connectivity index (χ4v) is 7.69. The van der Waals surface area contributed by atoms with E-state index < -0.39 is 0 Å². The van der Waals surface area contributed by atoms with Gasteiger partial charge in [0.1, 0.15) is 5.60 Å². The van der Waals surface area contributed by atoms with Crippen LogP contribution in [0, 0.1) is 34.5 Å². The van der Waals surface area contributed by atoms with Crippen LogP contribution in [0.5, 0.6) is 0 Å². The lowest BCUT2D eigenvalue weighted by molar-refractivity contribution is -0.184. The quantitative estimate of drug-likeness (QED) is 0.421. The maximum absolute atomic E-state index is 12.3. The van der Waals surface area contributed by atoms with E-state index in [0.29, 0.717) is 18.3 Å². The molecule has 0 aromatic heterocycles. The topological polar surface area (TPSA) is 26.3 Å². The minimum absolute atomic E-state index is 0.00845. The molecular formula is C25H38O2. The predicted octanol–water partition coefficient (Wildman–Crippen LogP) is 6.46. The summed E-state index contributed by atoms with van der Waals surface area (Å²) < 4.78 is 6.23. The Balaban J connectivity index is 1.65. The van der Waals surface area contributed by atoms with Gasteiger partial charge in [0.2, 0.25) is 0 Å². The fourth-order valence-electron chi connectivity index (χ4n) is 7.69. The van der Waals surface area contributed by atoms with Gasteiger partial charge in [-0.25, -0.2) is 0 Å². The Kier molecular flexibility index (Phi) is 4.63. The van der Waals surface area contributed by atoms with Crippen LogP contribution in [0.4, 0.5) is 0 Å². The van der Waals surface area contributed by atoms with Gasteiger partial charge in [-0.3, -0.25) is 4.79 Å². The van der Waals surface area contributed by atoms with E-state index in [2.05, 4.69) is 45.9 Å². The summed E-state index contributed by atoms with van der Waals surface area (Å²) in [6.45, 7) is 11.4. The zero-order chi connectivity index (χ0) is 19.4. The van der Waals surface area contributed by atoms with E-state index >= 15 is 0 Å². The number of esters is 1.